The average Bonchev–Trinajstić information content (AvgIpc) is 3.14. The first-order chi connectivity index (χ1) is 14.6. The van der Waals surface area contributed by atoms with Gasteiger partial charge >= 0.3 is 18.2 Å². The summed E-state index contributed by atoms with van der Waals surface area (Å²) in [5, 5.41) is 14.4. The number of rotatable bonds is 10. The Morgan fingerprint density at radius 3 is 2.61 bits per heavy atom. The molecule has 0 spiro atoms. The molecule has 8 nitrogen and oxygen atoms in total. The highest BCUT2D eigenvalue weighted by atomic mass is 19.4. The highest BCUT2D eigenvalue weighted by Crippen LogP contribution is 2.38. The first kappa shape index (κ1) is 24.3. The van der Waals surface area contributed by atoms with Crippen molar-refractivity contribution in [1.29, 1.82) is 0 Å². The molecule has 2 rings (SSSR count). The van der Waals surface area contributed by atoms with E-state index in [2.05, 4.69) is 10.5 Å². The van der Waals surface area contributed by atoms with Crippen molar-refractivity contribution < 1.29 is 37.1 Å². The lowest BCUT2D eigenvalue weighted by molar-refractivity contribution is -0.141. The number of carboxylic acid groups (broad SMARTS) is 1. The molecule has 1 atom stereocenters. The van der Waals surface area contributed by atoms with Crippen molar-refractivity contribution in [1.82, 2.24) is 15.4 Å². The number of carboxylic acids is 1. The van der Waals surface area contributed by atoms with Gasteiger partial charge in [-0.15, -0.1) is 0 Å². The van der Waals surface area contributed by atoms with Crippen LogP contribution in [0.5, 0.6) is 5.75 Å². The standard InChI is InChI=1S/C20H26F3N3O5/c1-4-7-13-15(9-8-14-16(13)31-25-17(14)20(21,22)23)30-11-6-10-26(5-2)19(29)24-12(3)18(27)28/h8-9,12H,4-7,10-11H2,1-3H3,(H,24,29)(H,27,28). The summed E-state index contributed by atoms with van der Waals surface area (Å²) in [4.78, 5) is 24.4. The second-order valence-electron chi connectivity index (χ2n) is 6.99. The number of urea groups is 1. The fourth-order valence-electron chi connectivity index (χ4n) is 3.05. The van der Waals surface area contributed by atoms with Crippen LogP contribution in [0.25, 0.3) is 11.0 Å². The van der Waals surface area contributed by atoms with E-state index < -0.39 is 29.9 Å². The average molecular weight is 445 g/mol. The maximum Gasteiger partial charge on any atom is 0.437 e. The Bertz CT molecular complexity index is 913. The van der Waals surface area contributed by atoms with Gasteiger partial charge in [-0.1, -0.05) is 18.5 Å². The minimum Gasteiger partial charge on any atom is -0.493 e. The van der Waals surface area contributed by atoms with E-state index in [9.17, 15) is 22.8 Å². The third-order valence-corrected chi connectivity index (χ3v) is 4.68. The van der Waals surface area contributed by atoms with Crippen LogP contribution >= 0.6 is 0 Å². The molecule has 1 heterocycles. The van der Waals surface area contributed by atoms with Gasteiger partial charge in [-0.05, 0) is 38.8 Å². The lowest BCUT2D eigenvalue weighted by atomic mass is 10.0. The molecule has 1 unspecified atom stereocenters. The van der Waals surface area contributed by atoms with Gasteiger partial charge in [-0.25, -0.2) is 4.79 Å². The topological polar surface area (TPSA) is 105 Å². The number of ether oxygens (including phenoxy) is 1. The second-order valence-corrected chi connectivity index (χ2v) is 6.99. The zero-order valence-electron chi connectivity index (χ0n) is 17.6. The van der Waals surface area contributed by atoms with Crippen LogP contribution in [-0.4, -0.2) is 52.9 Å². The van der Waals surface area contributed by atoms with Crippen molar-refractivity contribution >= 4 is 23.0 Å². The normalized spacial score (nSPS) is 12.6. The SMILES string of the molecule is CCCc1c(OCCCN(CC)C(=O)NC(C)C(=O)O)ccc2c(C(F)(F)F)noc12. The molecule has 0 radical (unpaired) electrons. The van der Waals surface area contributed by atoms with Gasteiger partial charge in [0.15, 0.2) is 11.3 Å². The van der Waals surface area contributed by atoms with Crippen molar-refractivity contribution in [3.8, 4) is 5.75 Å². The lowest BCUT2D eigenvalue weighted by Gasteiger charge is -2.23. The fourth-order valence-corrected chi connectivity index (χ4v) is 3.05. The number of alkyl halides is 3. The molecule has 0 aliphatic rings. The third-order valence-electron chi connectivity index (χ3n) is 4.68. The maximum absolute atomic E-state index is 13.1. The van der Waals surface area contributed by atoms with E-state index in [1.165, 1.54) is 24.0 Å². The minimum absolute atomic E-state index is 0.0592. The van der Waals surface area contributed by atoms with E-state index in [0.29, 0.717) is 43.7 Å². The Labute approximate surface area is 177 Å². The van der Waals surface area contributed by atoms with E-state index in [-0.39, 0.29) is 17.6 Å². The number of aryl methyl sites for hydroxylation is 1. The summed E-state index contributed by atoms with van der Waals surface area (Å²) in [7, 11) is 0. The molecule has 172 valence electrons. The number of aliphatic carboxylic acids is 1. The van der Waals surface area contributed by atoms with Crippen LogP contribution in [0.2, 0.25) is 0 Å². The number of fused-ring (bicyclic) bond motifs is 1. The molecule has 2 aromatic rings. The predicted octanol–water partition coefficient (Wildman–Crippen LogP) is 4.07. The smallest absolute Gasteiger partial charge is 0.437 e. The van der Waals surface area contributed by atoms with Crippen LogP contribution in [0.15, 0.2) is 16.7 Å². The highest BCUT2D eigenvalue weighted by Gasteiger charge is 2.37. The predicted molar refractivity (Wildman–Crippen MR) is 106 cm³/mol. The molecule has 1 aromatic heterocycles. The number of nitrogens with one attached hydrogen (secondary N) is 1. The number of benzene rings is 1. The Morgan fingerprint density at radius 1 is 1.32 bits per heavy atom. The van der Waals surface area contributed by atoms with Gasteiger partial charge in [0, 0.05) is 18.7 Å². The van der Waals surface area contributed by atoms with Crippen molar-refractivity contribution in [2.24, 2.45) is 0 Å². The van der Waals surface area contributed by atoms with Gasteiger partial charge in [-0.3, -0.25) is 4.79 Å². The second kappa shape index (κ2) is 10.4. The van der Waals surface area contributed by atoms with E-state index in [1.54, 1.807) is 6.92 Å². The van der Waals surface area contributed by atoms with Crippen LogP contribution in [0.3, 0.4) is 0 Å². The summed E-state index contributed by atoms with van der Waals surface area (Å²) >= 11 is 0. The van der Waals surface area contributed by atoms with Crippen molar-refractivity contribution in [3.63, 3.8) is 0 Å². The van der Waals surface area contributed by atoms with Gasteiger partial charge < -0.3 is 24.6 Å². The summed E-state index contributed by atoms with van der Waals surface area (Å²) in [6, 6.07) is 1.25. The first-order valence-corrected chi connectivity index (χ1v) is 9.99. The zero-order valence-corrected chi connectivity index (χ0v) is 17.6. The first-order valence-electron chi connectivity index (χ1n) is 9.99. The molecule has 31 heavy (non-hydrogen) atoms. The van der Waals surface area contributed by atoms with E-state index in [1.807, 2.05) is 6.92 Å². The van der Waals surface area contributed by atoms with E-state index in [0.717, 1.165) is 0 Å². The third kappa shape index (κ3) is 6.02. The molecule has 0 saturated carbocycles. The summed E-state index contributed by atoms with van der Waals surface area (Å²) in [6.45, 7) is 5.93. The Morgan fingerprint density at radius 2 is 2.03 bits per heavy atom. The Kier molecular flexibility index (Phi) is 8.12. The van der Waals surface area contributed by atoms with Crippen LogP contribution in [0.1, 0.15) is 44.9 Å². The molecule has 0 fully saturated rings. The van der Waals surface area contributed by atoms with Crippen molar-refractivity contribution in [2.45, 2.75) is 52.3 Å². The Hall–Kier alpha value is -2.98. The van der Waals surface area contributed by atoms with Crippen molar-refractivity contribution in [2.75, 3.05) is 19.7 Å². The molecule has 1 aromatic carbocycles. The van der Waals surface area contributed by atoms with Crippen LogP contribution in [0.4, 0.5) is 18.0 Å². The summed E-state index contributed by atoms with van der Waals surface area (Å²) in [5.41, 5.74) is -0.487. The molecule has 0 aliphatic heterocycles. The van der Waals surface area contributed by atoms with Crippen LogP contribution in [0, 0.1) is 0 Å². The number of halogens is 3. The summed E-state index contributed by atoms with van der Waals surface area (Å²) in [6.07, 6.45) is -3.05. The van der Waals surface area contributed by atoms with Gasteiger partial charge in [0.05, 0.1) is 12.0 Å². The zero-order chi connectivity index (χ0) is 23.2. The maximum atomic E-state index is 13.1. The molecule has 11 heteroatoms. The molecule has 0 aliphatic carbocycles. The van der Waals surface area contributed by atoms with Gasteiger partial charge in [0.1, 0.15) is 11.8 Å². The van der Waals surface area contributed by atoms with Crippen molar-refractivity contribution in [3.05, 3.63) is 23.4 Å². The lowest BCUT2D eigenvalue weighted by Crippen LogP contribution is -2.47. The minimum atomic E-state index is -4.61. The molecule has 0 saturated heterocycles. The highest BCUT2D eigenvalue weighted by molar-refractivity contribution is 5.85. The van der Waals surface area contributed by atoms with E-state index in [4.69, 9.17) is 14.4 Å². The number of aromatic nitrogens is 1. The molecule has 0 bridgehead atoms. The Balaban J connectivity index is 2.04. The quantitative estimate of drug-likeness (QED) is 0.534. The molecule has 2 amide bonds. The number of carbonyl (C=O) groups excluding carboxylic acids is 1. The molecular formula is C20H26F3N3O5. The number of carbonyl (C=O) groups is 2. The number of hydrogen-bond donors (Lipinski definition) is 2. The fraction of sp³-hybridized carbons (Fsp3) is 0.550. The number of amides is 2. The van der Waals surface area contributed by atoms with Gasteiger partial charge in [-0.2, -0.15) is 13.2 Å². The summed E-state index contributed by atoms with van der Waals surface area (Å²) in [5.74, 6) is -0.723. The van der Waals surface area contributed by atoms with Gasteiger partial charge in [0.25, 0.3) is 0 Å². The van der Waals surface area contributed by atoms with Gasteiger partial charge in [0.2, 0.25) is 0 Å². The molecule has 2 N–H and O–H groups in total. The largest absolute Gasteiger partial charge is 0.493 e. The van der Waals surface area contributed by atoms with Crippen LogP contribution in [-0.2, 0) is 17.4 Å². The monoisotopic (exact) mass is 445 g/mol. The number of hydrogen-bond acceptors (Lipinski definition) is 5. The summed E-state index contributed by atoms with van der Waals surface area (Å²) < 4.78 is 50.0. The number of nitrogens with zero attached hydrogens (tertiary/aromatic N) is 2. The van der Waals surface area contributed by atoms with Crippen LogP contribution < -0.4 is 10.1 Å². The molecular weight excluding hydrogens is 419 g/mol. The van der Waals surface area contributed by atoms with E-state index >= 15 is 0 Å².